The lowest BCUT2D eigenvalue weighted by Gasteiger charge is -2.16. The summed E-state index contributed by atoms with van der Waals surface area (Å²) in [5, 5.41) is 0. The van der Waals surface area contributed by atoms with E-state index >= 15 is 0 Å². The van der Waals surface area contributed by atoms with E-state index in [-0.39, 0.29) is 11.6 Å². The largest absolute Gasteiger partial charge is 0.493 e. The number of benzene rings is 1. The van der Waals surface area contributed by atoms with E-state index in [1.807, 2.05) is 0 Å². The third-order valence-electron chi connectivity index (χ3n) is 2.55. The zero-order valence-corrected chi connectivity index (χ0v) is 9.40. The molecule has 0 radical (unpaired) electrons. The maximum Gasteiger partial charge on any atom is 0.165 e. The molecule has 0 aliphatic heterocycles. The summed E-state index contributed by atoms with van der Waals surface area (Å²) in [5.41, 5.74) is 6.39. The minimum atomic E-state index is -0.397. The van der Waals surface area contributed by atoms with Gasteiger partial charge in [0.05, 0.1) is 7.11 Å². The summed E-state index contributed by atoms with van der Waals surface area (Å²) in [5.74, 6) is -0.0956. The van der Waals surface area contributed by atoms with E-state index in [1.165, 1.54) is 13.2 Å². The molecule has 1 aliphatic carbocycles. The Balaban J connectivity index is 2.60. The summed E-state index contributed by atoms with van der Waals surface area (Å²) in [6, 6.07) is 3.04. The Labute approximate surface area is 90.4 Å². The first kappa shape index (κ1) is 9.93. The summed E-state index contributed by atoms with van der Waals surface area (Å²) in [4.78, 5) is 0. The van der Waals surface area contributed by atoms with Crippen LogP contribution in [0.2, 0.25) is 0 Å². The van der Waals surface area contributed by atoms with Crippen LogP contribution >= 0.6 is 15.9 Å². The molecule has 76 valence electrons. The van der Waals surface area contributed by atoms with Crippen molar-refractivity contribution in [1.29, 1.82) is 0 Å². The van der Waals surface area contributed by atoms with Crippen LogP contribution in [-0.2, 0) is 5.54 Å². The molecule has 0 unspecified atom stereocenters. The minimum absolute atomic E-state index is 0.263. The van der Waals surface area contributed by atoms with Gasteiger partial charge in [0, 0.05) is 15.6 Å². The van der Waals surface area contributed by atoms with Crippen LogP contribution < -0.4 is 10.5 Å². The average Bonchev–Trinajstić information content (AvgIpc) is 2.88. The van der Waals surface area contributed by atoms with Crippen LogP contribution in [0.4, 0.5) is 4.39 Å². The van der Waals surface area contributed by atoms with Crippen molar-refractivity contribution < 1.29 is 9.13 Å². The predicted molar refractivity (Wildman–Crippen MR) is 55.8 cm³/mol. The van der Waals surface area contributed by atoms with Gasteiger partial charge < -0.3 is 10.5 Å². The molecule has 14 heavy (non-hydrogen) atoms. The van der Waals surface area contributed by atoms with E-state index < -0.39 is 5.54 Å². The minimum Gasteiger partial charge on any atom is -0.493 e. The molecule has 0 aromatic heterocycles. The van der Waals surface area contributed by atoms with Crippen LogP contribution in [0.15, 0.2) is 16.6 Å². The van der Waals surface area contributed by atoms with Gasteiger partial charge >= 0.3 is 0 Å². The second-order valence-electron chi connectivity index (χ2n) is 3.59. The maximum absolute atomic E-state index is 13.4. The van der Waals surface area contributed by atoms with Gasteiger partial charge in [-0.05, 0) is 25.0 Å². The number of rotatable bonds is 2. The Bertz CT molecular complexity index is 377. The van der Waals surface area contributed by atoms with Crippen LogP contribution in [0.1, 0.15) is 18.4 Å². The second-order valence-corrected chi connectivity index (χ2v) is 4.45. The molecule has 0 saturated heterocycles. The van der Waals surface area contributed by atoms with E-state index in [0.717, 1.165) is 22.9 Å². The monoisotopic (exact) mass is 259 g/mol. The molecule has 0 bridgehead atoms. The van der Waals surface area contributed by atoms with E-state index in [2.05, 4.69) is 15.9 Å². The topological polar surface area (TPSA) is 35.2 Å². The highest BCUT2D eigenvalue weighted by molar-refractivity contribution is 9.10. The third kappa shape index (κ3) is 1.42. The molecule has 0 spiro atoms. The number of methoxy groups -OCH3 is 1. The standard InChI is InChI=1S/C10H11BrFNO/c1-14-9-7(12)3-2-6(11)8(9)10(13)4-5-10/h2-3H,4-5,13H2,1H3. The Morgan fingerprint density at radius 1 is 1.50 bits per heavy atom. The molecule has 2 rings (SSSR count). The quantitative estimate of drug-likeness (QED) is 0.886. The molecule has 0 heterocycles. The fourth-order valence-corrected chi connectivity index (χ4v) is 2.29. The van der Waals surface area contributed by atoms with Crippen molar-refractivity contribution in [2.75, 3.05) is 7.11 Å². The number of nitrogens with two attached hydrogens (primary N) is 1. The van der Waals surface area contributed by atoms with E-state index in [4.69, 9.17) is 10.5 Å². The van der Waals surface area contributed by atoms with Crippen molar-refractivity contribution in [2.24, 2.45) is 5.73 Å². The Hall–Kier alpha value is -0.610. The van der Waals surface area contributed by atoms with Gasteiger partial charge in [-0.1, -0.05) is 15.9 Å². The van der Waals surface area contributed by atoms with Gasteiger partial charge in [0.15, 0.2) is 11.6 Å². The molecule has 2 nitrogen and oxygen atoms in total. The van der Waals surface area contributed by atoms with E-state index in [0.29, 0.717) is 0 Å². The van der Waals surface area contributed by atoms with Gasteiger partial charge in [0.1, 0.15) is 0 Å². The molecule has 2 N–H and O–H groups in total. The number of halogens is 2. The molecule has 1 aromatic rings. The molecule has 1 aliphatic rings. The fraction of sp³-hybridized carbons (Fsp3) is 0.400. The summed E-state index contributed by atoms with van der Waals surface area (Å²) >= 11 is 3.37. The lowest BCUT2D eigenvalue weighted by atomic mass is 10.0. The first-order valence-electron chi connectivity index (χ1n) is 4.40. The van der Waals surface area contributed by atoms with Crippen molar-refractivity contribution >= 4 is 15.9 Å². The first-order valence-corrected chi connectivity index (χ1v) is 5.19. The highest BCUT2D eigenvalue weighted by Gasteiger charge is 2.44. The molecule has 0 atom stereocenters. The third-order valence-corrected chi connectivity index (χ3v) is 3.21. The molecule has 4 heteroatoms. The maximum atomic E-state index is 13.4. The lowest BCUT2D eigenvalue weighted by molar-refractivity contribution is 0.376. The number of hydrogen-bond acceptors (Lipinski definition) is 2. The van der Waals surface area contributed by atoms with Crippen molar-refractivity contribution in [2.45, 2.75) is 18.4 Å². The van der Waals surface area contributed by atoms with Gasteiger partial charge in [-0.3, -0.25) is 0 Å². The van der Waals surface area contributed by atoms with E-state index in [1.54, 1.807) is 6.07 Å². The summed E-state index contributed by atoms with van der Waals surface area (Å²) in [6.45, 7) is 0. The smallest absolute Gasteiger partial charge is 0.165 e. The Morgan fingerprint density at radius 2 is 2.14 bits per heavy atom. The lowest BCUT2D eigenvalue weighted by Crippen LogP contribution is -2.20. The molecule has 1 saturated carbocycles. The predicted octanol–water partition coefficient (Wildman–Crippen LogP) is 2.54. The highest BCUT2D eigenvalue weighted by Crippen LogP contribution is 2.50. The fourth-order valence-electron chi connectivity index (χ4n) is 1.58. The van der Waals surface area contributed by atoms with Crippen molar-refractivity contribution in [3.05, 3.63) is 28.0 Å². The van der Waals surface area contributed by atoms with E-state index in [9.17, 15) is 4.39 Å². The van der Waals surface area contributed by atoms with Gasteiger partial charge in [-0.2, -0.15) is 0 Å². The van der Waals surface area contributed by atoms with Crippen LogP contribution in [0.25, 0.3) is 0 Å². The normalized spacial score (nSPS) is 18.0. The second kappa shape index (κ2) is 3.21. The van der Waals surface area contributed by atoms with Crippen molar-refractivity contribution in [3.63, 3.8) is 0 Å². The van der Waals surface area contributed by atoms with Crippen LogP contribution in [0, 0.1) is 5.82 Å². The highest BCUT2D eigenvalue weighted by atomic mass is 79.9. The Morgan fingerprint density at radius 3 is 2.64 bits per heavy atom. The molecule has 0 amide bonds. The summed E-state index contributed by atoms with van der Waals surface area (Å²) < 4.78 is 19.2. The zero-order valence-electron chi connectivity index (χ0n) is 7.81. The Kier molecular flexibility index (Phi) is 2.27. The van der Waals surface area contributed by atoms with Gasteiger partial charge in [0.2, 0.25) is 0 Å². The SMILES string of the molecule is COc1c(F)ccc(Br)c1C1(N)CC1. The van der Waals surface area contributed by atoms with Crippen LogP contribution in [0.5, 0.6) is 5.75 Å². The summed E-state index contributed by atoms with van der Waals surface area (Å²) in [6.07, 6.45) is 1.76. The van der Waals surface area contributed by atoms with Gasteiger partial charge in [-0.15, -0.1) is 0 Å². The number of hydrogen-bond donors (Lipinski definition) is 1. The summed E-state index contributed by atoms with van der Waals surface area (Å²) in [7, 11) is 1.46. The van der Waals surface area contributed by atoms with Crippen molar-refractivity contribution in [1.82, 2.24) is 0 Å². The first-order chi connectivity index (χ1) is 6.58. The molecule has 1 fully saturated rings. The van der Waals surface area contributed by atoms with Gasteiger partial charge in [-0.25, -0.2) is 4.39 Å². The number of ether oxygens (including phenoxy) is 1. The average molecular weight is 260 g/mol. The zero-order chi connectivity index (χ0) is 10.3. The van der Waals surface area contributed by atoms with Crippen LogP contribution in [0.3, 0.4) is 0 Å². The van der Waals surface area contributed by atoms with Crippen LogP contribution in [-0.4, -0.2) is 7.11 Å². The molecule has 1 aromatic carbocycles. The molecular weight excluding hydrogens is 249 g/mol. The molecular formula is C10H11BrFNO. The van der Waals surface area contributed by atoms with Crippen molar-refractivity contribution in [3.8, 4) is 5.75 Å². The van der Waals surface area contributed by atoms with Gasteiger partial charge in [0.25, 0.3) is 0 Å².